The molecular formula is C16H15BrO2. The van der Waals surface area contributed by atoms with E-state index in [1.54, 1.807) is 0 Å². The number of hydrogen-bond acceptors (Lipinski definition) is 2. The van der Waals surface area contributed by atoms with Gasteiger partial charge in [-0.2, -0.15) is 0 Å². The van der Waals surface area contributed by atoms with Gasteiger partial charge < -0.3 is 9.53 Å². The van der Waals surface area contributed by atoms with Crippen LogP contribution in [-0.2, 0) is 17.8 Å². The Labute approximate surface area is 121 Å². The van der Waals surface area contributed by atoms with Gasteiger partial charge in [-0.1, -0.05) is 58.4 Å². The molecule has 2 aromatic carbocycles. The van der Waals surface area contributed by atoms with Gasteiger partial charge in [0.15, 0.2) is 0 Å². The average Bonchev–Trinajstić information content (AvgIpc) is 2.47. The molecule has 0 spiro atoms. The highest BCUT2D eigenvalue weighted by Crippen LogP contribution is 2.16. The van der Waals surface area contributed by atoms with Crippen LogP contribution >= 0.6 is 15.9 Å². The van der Waals surface area contributed by atoms with E-state index in [-0.39, 0.29) is 4.83 Å². The summed E-state index contributed by atoms with van der Waals surface area (Å²) in [5.41, 5.74) is 2.26. The lowest BCUT2D eigenvalue weighted by Crippen LogP contribution is -2.03. The van der Waals surface area contributed by atoms with Crippen molar-refractivity contribution in [3.63, 3.8) is 0 Å². The van der Waals surface area contributed by atoms with E-state index in [9.17, 15) is 4.79 Å². The van der Waals surface area contributed by atoms with Crippen molar-refractivity contribution in [1.82, 2.24) is 0 Å². The Bertz CT molecular complexity index is 508. The van der Waals surface area contributed by atoms with Crippen LogP contribution in [0.5, 0.6) is 5.75 Å². The van der Waals surface area contributed by atoms with Gasteiger partial charge in [-0.05, 0) is 29.7 Å². The van der Waals surface area contributed by atoms with Gasteiger partial charge in [-0.25, -0.2) is 0 Å². The first-order valence-corrected chi connectivity index (χ1v) is 7.04. The van der Waals surface area contributed by atoms with Crippen LogP contribution in [0.15, 0.2) is 54.6 Å². The molecule has 0 aliphatic heterocycles. The molecule has 0 fully saturated rings. The number of hydrogen-bond donors (Lipinski definition) is 0. The van der Waals surface area contributed by atoms with E-state index in [0.717, 1.165) is 23.2 Å². The Morgan fingerprint density at radius 2 is 1.68 bits per heavy atom. The first-order valence-electron chi connectivity index (χ1n) is 6.13. The molecule has 1 unspecified atom stereocenters. The minimum Gasteiger partial charge on any atom is -0.489 e. The number of carbonyl (C=O) groups is 1. The van der Waals surface area contributed by atoms with Crippen LogP contribution in [0, 0.1) is 0 Å². The third-order valence-corrected chi connectivity index (χ3v) is 3.29. The van der Waals surface area contributed by atoms with E-state index in [2.05, 4.69) is 15.9 Å². The number of ether oxygens (including phenoxy) is 1. The van der Waals surface area contributed by atoms with Crippen molar-refractivity contribution in [3.8, 4) is 5.75 Å². The van der Waals surface area contributed by atoms with Gasteiger partial charge in [0.05, 0.1) is 4.83 Å². The smallest absolute Gasteiger partial charge is 0.133 e. The van der Waals surface area contributed by atoms with Crippen molar-refractivity contribution in [2.24, 2.45) is 0 Å². The molecule has 3 heteroatoms. The minimum absolute atomic E-state index is 0.122. The fourth-order valence-corrected chi connectivity index (χ4v) is 2.11. The zero-order valence-corrected chi connectivity index (χ0v) is 12.0. The maximum absolute atomic E-state index is 10.6. The summed E-state index contributed by atoms with van der Waals surface area (Å²) in [5.74, 6) is 0.838. The second-order valence-electron chi connectivity index (χ2n) is 4.27. The first kappa shape index (κ1) is 13.8. The van der Waals surface area contributed by atoms with Crippen molar-refractivity contribution in [1.29, 1.82) is 0 Å². The molecule has 1 atom stereocenters. The van der Waals surface area contributed by atoms with Crippen LogP contribution in [-0.4, -0.2) is 11.1 Å². The van der Waals surface area contributed by atoms with E-state index < -0.39 is 0 Å². The highest BCUT2D eigenvalue weighted by atomic mass is 79.9. The van der Waals surface area contributed by atoms with Crippen molar-refractivity contribution < 1.29 is 9.53 Å². The maximum atomic E-state index is 10.6. The van der Waals surface area contributed by atoms with E-state index in [4.69, 9.17) is 4.74 Å². The van der Waals surface area contributed by atoms with Gasteiger partial charge in [0, 0.05) is 0 Å². The lowest BCUT2D eigenvalue weighted by atomic mass is 10.1. The Kier molecular flexibility index (Phi) is 5.16. The summed E-state index contributed by atoms with van der Waals surface area (Å²) in [7, 11) is 0. The molecule has 2 nitrogen and oxygen atoms in total. The topological polar surface area (TPSA) is 26.3 Å². The van der Waals surface area contributed by atoms with Gasteiger partial charge in [0.2, 0.25) is 0 Å². The highest BCUT2D eigenvalue weighted by Gasteiger charge is 2.03. The van der Waals surface area contributed by atoms with Crippen molar-refractivity contribution in [3.05, 3.63) is 65.7 Å². The average molecular weight is 319 g/mol. The van der Waals surface area contributed by atoms with Gasteiger partial charge in [0.25, 0.3) is 0 Å². The molecule has 0 aliphatic carbocycles. The number of alkyl halides is 1. The largest absolute Gasteiger partial charge is 0.489 e. The fraction of sp³-hybridized carbons (Fsp3) is 0.188. The molecule has 0 saturated heterocycles. The Morgan fingerprint density at radius 3 is 2.32 bits per heavy atom. The summed E-state index contributed by atoms with van der Waals surface area (Å²) in [6, 6.07) is 17.9. The van der Waals surface area contributed by atoms with E-state index >= 15 is 0 Å². The molecule has 0 aliphatic rings. The molecule has 0 radical (unpaired) electrons. The Morgan fingerprint density at radius 1 is 1.00 bits per heavy atom. The molecule has 19 heavy (non-hydrogen) atoms. The molecule has 0 saturated carbocycles. The molecule has 0 amide bonds. The van der Waals surface area contributed by atoms with Crippen LogP contribution in [0.2, 0.25) is 0 Å². The standard InChI is InChI=1S/C16H15BrO2/c17-15(11-18)10-13-6-8-16(9-7-13)19-12-14-4-2-1-3-5-14/h1-9,11,15H,10,12H2. The third-order valence-electron chi connectivity index (χ3n) is 2.75. The zero-order chi connectivity index (χ0) is 13.5. The van der Waals surface area contributed by atoms with Crippen molar-refractivity contribution in [2.45, 2.75) is 17.9 Å². The first-order chi connectivity index (χ1) is 9.28. The number of rotatable bonds is 6. The lowest BCUT2D eigenvalue weighted by Gasteiger charge is -2.08. The van der Waals surface area contributed by atoms with Crippen molar-refractivity contribution >= 4 is 22.2 Å². The van der Waals surface area contributed by atoms with Gasteiger partial charge >= 0.3 is 0 Å². The van der Waals surface area contributed by atoms with Crippen LogP contribution in [0.3, 0.4) is 0 Å². The van der Waals surface area contributed by atoms with E-state index in [1.807, 2.05) is 54.6 Å². The number of benzene rings is 2. The molecule has 0 N–H and O–H groups in total. The summed E-state index contributed by atoms with van der Waals surface area (Å²) in [5, 5.41) is 0. The second-order valence-corrected chi connectivity index (χ2v) is 5.45. The maximum Gasteiger partial charge on any atom is 0.133 e. The van der Waals surface area contributed by atoms with Crippen LogP contribution < -0.4 is 4.74 Å². The monoisotopic (exact) mass is 318 g/mol. The number of aldehydes is 1. The zero-order valence-electron chi connectivity index (χ0n) is 10.5. The molecule has 2 rings (SSSR count). The van der Waals surface area contributed by atoms with E-state index in [1.165, 1.54) is 0 Å². The number of halogens is 1. The predicted molar refractivity (Wildman–Crippen MR) is 79.7 cm³/mol. The Balaban J connectivity index is 1.90. The summed E-state index contributed by atoms with van der Waals surface area (Å²) in [6.45, 7) is 0.565. The van der Waals surface area contributed by atoms with Gasteiger partial charge in [-0.3, -0.25) is 0 Å². The second kappa shape index (κ2) is 7.10. The summed E-state index contributed by atoms with van der Waals surface area (Å²) < 4.78 is 5.70. The van der Waals surface area contributed by atoms with E-state index in [0.29, 0.717) is 13.0 Å². The fourth-order valence-electron chi connectivity index (χ4n) is 1.74. The Hall–Kier alpha value is -1.61. The van der Waals surface area contributed by atoms with Crippen LogP contribution in [0.4, 0.5) is 0 Å². The van der Waals surface area contributed by atoms with Crippen molar-refractivity contribution in [2.75, 3.05) is 0 Å². The summed E-state index contributed by atoms with van der Waals surface area (Å²) in [4.78, 5) is 10.4. The third kappa shape index (κ3) is 4.52. The molecule has 2 aromatic rings. The van der Waals surface area contributed by atoms with Gasteiger partial charge in [-0.15, -0.1) is 0 Å². The SMILES string of the molecule is O=CC(Br)Cc1ccc(OCc2ccccc2)cc1. The molecule has 98 valence electrons. The molecular weight excluding hydrogens is 304 g/mol. The molecule has 0 bridgehead atoms. The molecule has 0 heterocycles. The van der Waals surface area contributed by atoms with Crippen LogP contribution in [0.25, 0.3) is 0 Å². The minimum atomic E-state index is -0.122. The number of carbonyl (C=O) groups excluding carboxylic acids is 1. The molecule has 0 aromatic heterocycles. The normalized spacial score (nSPS) is 11.8. The highest BCUT2D eigenvalue weighted by molar-refractivity contribution is 9.09. The predicted octanol–water partition coefficient (Wildman–Crippen LogP) is 3.77. The summed E-state index contributed by atoms with van der Waals surface area (Å²) >= 11 is 3.29. The lowest BCUT2D eigenvalue weighted by molar-refractivity contribution is -0.107. The van der Waals surface area contributed by atoms with Crippen LogP contribution in [0.1, 0.15) is 11.1 Å². The summed E-state index contributed by atoms with van der Waals surface area (Å²) in [6.07, 6.45) is 1.60. The quantitative estimate of drug-likeness (QED) is 0.598. The van der Waals surface area contributed by atoms with Gasteiger partial charge in [0.1, 0.15) is 18.6 Å².